The van der Waals surface area contributed by atoms with E-state index in [0.717, 1.165) is 49.1 Å². The van der Waals surface area contributed by atoms with E-state index in [4.69, 9.17) is 18.9 Å². The summed E-state index contributed by atoms with van der Waals surface area (Å²) in [6, 6.07) is 8.59. The van der Waals surface area contributed by atoms with Crippen molar-refractivity contribution in [3.63, 3.8) is 0 Å². The number of hydrogen-bond acceptors (Lipinski definition) is 10. The minimum Gasteiger partial charge on any atom is -0.497 e. The summed E-state index contributed by atoms with van der Waals surface area (Å²) in [5.74, 6) is 0.353. The number of hydrogen-bond donors (Lipinski definition) is 2. The Morgan fingerprint density at radius 1 is 1.12 bits per heavy atom. The number of morpholine rings is 1. The van der Waals surface area contributed by atoms with Crippen molar-refractivity contribution < 1.29 is 32.9 Å². The van der Waals surface area contributed by atoms with Gasteiger partial charge < -0.3 is 29.6 Å². The Hall–Kier alpha value is -4.53. The van der Waals surface area contributed by atoms with Crippen LogP contribution in [0.2, 0.25) is 0 Å². The smallest absolute Gasteiger partial charge is 0.332 e. The second-order valence-electron chi connectivity index (χ2n) is 9.39. The fourth-order valence-electron chi connectivity index (χ4n) is 4.81. The number of ether oxygens (including phenoxy) is 4. The number of aromatic nitrogens is 2. The van der Waals surface area contributed by atoms with Crippen LogP contribution in [0.25, 0.3) is 10.2 Å². The quantitative estimate of drug-likeness (QED) is 0.288. The van der Waals surface area contributed by atoms with Gasteiger partial charge in [0, 0.05) is 37.5 Å². The Morgan fingerprint density at radius 2 is 1.95 bits per heavy atom. The lowest BCUT2D eigenvalue weighted by molar-refractivity contribution is 0.0321. The molecule has 0 radical (unpaired) electrons. The molecule has 12 nitrogen and oxygen atoms in total. The Morgan fingerprint density at radius 3 is 2.71 bits per heavy atom. The lowest BCUT2D eigenvalue weighted by Gasteiger charge is -2.27. The number of carbonyl (C=O) groups excluding carboxylic acids is 2. The van der Waals surface area contributed by atoms with E-state index >= 15 is 0 Å². The molecule has 0 aliphatic carbocycles. The van der Waals surface area contributed by atoms with E-state index in [9.17, 15) is 14.0 Å². The van der Waals surface area contributed by atoms with E-state index in [1.54, 1.807) is 24.3 Å². The zero-order valence-corrected chi connectivity index (χ0v) is 23.6. The molecule has 218 valence electrons. The van der Waals surface area contributed by atoms with Gasteiger partial charge in [-0.05, 0) is 24.3 Å². The van der Waals surface area contributed by atoms with Crippen molar-refractivity contribution in [3.8, 4) is 17.2 Å². The lowest BCUT2D eigenvalue weighted by atomic mass is 10.2. The number of halogens is 1. The van der Waals surface area contributed by atoms with Gasteiger partial charge in [0.15, 0.2) is 23.1 Å². The summed E-state index contributed by atoms with van der Waals surface area (Å²) in [5.41, 5.74) is 0.709. The van der Waals surface area contributed by atoms with Gasteiger partial charge in [-0.25, -0.2) is 24.1 Å². The summed E-state index contributed by atoms with van der Waals surface area (Å²) < 4.78 is 36.8. The van der Waals surface area contributed by atoms with E-state index in [1.807, 2.05) is 0 Å². The average molecular weight is 595 g/mol. The van der Waals surface area contributed by atoms with E-state index in [0.29, 0.717) is 39.8 Å². The molecule has 0 atom stereocenters. The first kappa shape index (κ1) is 27.6. The van der Waals surface area contributed by atoms with Crippen LogP contribution in [0.1, 0.15) is 9.67 Å². The van der Waals surface area contributed by atoms with E-state index < -0.39 is 17.8 Å². The molecule has 0 spiro atoms. The number of nitrogens with zero attached hydrogens (tertiary/aromatic N) is 4. The summed E-state index contributed by atoms with van der Waals surface area (Å²) in [5, 5.41) is 6.02. The minimum atomic E-state index is -0.671. The topological polar surface area (TPSA) is 127 Å². The van der Waals surface area contributed by atoms with Crippen LogP contribution in [0, 0.1) is 5.82 Å². The molecule has 2 aromatic heterocycles. The third kappa shape index (κ3) is 5.26. The average Bonchev–Trinajstić information content (AvgIpc) is 3.38. The zero-order valence-electron chi connectivity index (χ0n) is 22.8. The first-order valence-electron chi connectivity index (χ1n) is 13.1. The maximum absolute atomic E-state index is 14.9. The van der Waals surface area contributed by atoms with Crippen LogP contribution in [0.15, 0.2) is 42.7 Å². The van der Waals surface area contributed by atoms with Gasteiger partial charge in [0.2, 0.25) is 0 Å². The highest BCUT2D eigenvalue weighted by molar-refractivity contribution is 7.21. The van der Waals surface area contributed by atoms with Gasteiger partial charge in [0.1, 0.15) is 28.4 Å². The van der Waals surface area contributed by atoms with Gasteiger partial charge in [0.05, 0.1) is 44.2 Å². The standard InChI is InChI=1S/C28H27FN6O6S/c1-38-17-4-5-19(18(29)14-17)35-25-22-23(33-28(35)37)24(42-27(22)31-15-30-25)26(36)32-16-3-6-20(21(13-16)39-2)41-12-9-34-7-10-40-11-8-34/h3-6,13-15H,7-12H2,1-2H3,(H,32,36)(H,33,37). The maximum Gasteiger partial charge on any atom is 0.332 e. The van der Waals surface area contributed by atoms with Crippen LogP contribution >= 0.6 is 11.3 Å². The van der Waals surface area contributed by atoms with Crippen molar-refractivity contribution >= 4 is 56.4 Å². The number of carbonyl (C=O) groups is 2. The van der Waals surface area contributed by atoms with Crippen LogP contribution < -0.4 is 29.7 Å². The molecule has 4 heterocycles. The second-order valence-corrected chi connectivity index (χ2v) is 10.4. The van der Waals surface area contributed by atoms with Crippen molar-refractivity contribution in [2.75, 3.05) is 69.2 Å². The fourth-order valence-corrected chi connectivity index (χ4v) is 5.79. The number of benzene rings is 2. The van der Waals surface area contributed by atoms with Crippen LogP contribution in [0.4, 0.5) is 32.1 Å². The van der Waals surface area contributed by atoms with E-state index in [2.05, 4.69) is 25.5 Å². The van der Waals surface area contributed by atoms with Crippen LogP contribution in [0.3, 0.4) is 0 Å². The first-order chi connectivity index (χ1) is 20.5. The number of urea groups is 1. The number of amides is 3. The second kappa shape index (κ2) is 11.8. The van der Waals surface area contributed by atoms with Crippen LogP contribution in [-0.4, -0.2) is 80.5 Å². The van der Waals surface area contributed by atoms with Gasteiger partial charge in [0.25, 0.3) is 5.91 Å². The third-order valence-corrected chi connectivity index (χ3v) is 8.00. The van der Waals surface area contributed by atoms with Gasteiger partial charge in [-0.3, -0.25) is 9.69 Å². The molecule has 1 fully saturated rings. The van der Waals surface area contributed by atoms with E-state index in [1.165, 1.54) is 32.7 Å². The molecule has 0 bridgehead atoms. The maximum atomic E-state index is 14.9. The molecule has 4 aromatic rings. The molecule has 0 unspecified atom stereocenters. The summed E-state index contributed by atoms with van der Waals surface area (Å²) in [6.07, 6.45) is 1.27. The number of thiophene rings is 1. The summed E-state index contributed by atoms with van der Waals surface area (Å²) in [7, 11) is 2.95. The van der Waals surface area contributed by atoms with Gasteiger partial charge in [-0.2, -0.15) is 0 Å². The highest BCUT2D eigenvalue weighted by atomic mass is 32.1. The molecule has 42 heavy (non-hydrogen) atoms. The zero-order chi connectivity index (χ0) is 29.2. The van der Waals surface area contributed by atoms with Crippen LogP contribution in [-0.2, 0) is 4.74 Å². The van der Waals surface area contributed by atoms with Crippen molar-refractivity contribution in [2.45, 2.75) is 0 Å². The Bertz CT molecular complexity index is 1660. The highest BCUT2D eigenvalue weighted by Gasteiger charge is 2.35. The number of nitrogens with one attached hydrogen (secondary N) is 2. The SMILES string of the molecule is COc1ccc(N2C(=O)Nc3c(C(=O)Nc4ccc(OCCN5CCOCC5)c(OC)c4)sc4ncnc2c34)c(F)c1. The number of anilines is 4. The molecule has 0 saturated carbocycles. The molecule has 2 aromatic carbocycles. The van der Waals surface area contributed by atoms with Crippen molar-refractivity contribution in [1.29, 1.82) is 0 Å². The molecule has 2 aliphatic heterocycles. The molecule has 2 N–H and O–H groups in total. The monoisotopic (exact) mass is 594 g/mol. The van der Waals surface area contributed by atoms with E-state index in [-0.39, 0.29) is 22.1 Å². The molecule has 14 heteroatoms. The number of rotatable bonds is 9. The normalized spacial score (nSPS) is 14.9. The van der Waals surface area contributed by atoms with Crippen molar-refractivity contribution in [2.24, 2.45) is 0 Å². The predicted molar refractivity (Wildman–Crippen MR) is 155 cm³/mol. The van der Waals surface area contributed by atoms with Gasteiger partial charge in [-0.1, -0.05) is 0 Å². The fraction of sp³-hybridized carbons (Fsp3) is 0.286. The summed E-state index contributed by atoms with van der Waals surface area (Å²) in [6.45, 7) is 4.42. The lowest BCUT2D eigenvalue weighted by Crippen LogP contribution is -2.38. The highest BCUT2D eigenvalue weighted by Crippen LogP contribution is 2.45. The Kier molecular flexibility index (Phi) is 7.73. The summed E-state index contributed by atoms with van der Waals surface area (Å²) in [4.78, 5) is 39.3. The Balaban J connectivity index is 1.23. The first-order valence-corrected chi connectivity index (χ1v) is 13.9. The van der Waals surface area contributed by atoms with Gasteiger partial charge in [-0.15, -0.1) is 11.3 Å². The molecule has 6 rings (SSSR count). The molecule has 2 aliphatic rings. The molecule has 1 saturated heterocycles. The number of methoxy groups -OCH3 is 2. The van der Waals surface area contributed by atoms with Crippen LogP contribution in [0.5, 0.6) is 17.2 Å². The minimum absolute atomic E-state index is 0.0181. The Labute approximate surface area is 244 Å². The molecular weight excluding hydrogens is 567 g/mol. The largest absolute Gasteiger partial charge is 0.497 e. The molecule has 3 amide bonds. The third-order valence-electron chi connectivity index (χ3n) is 6.91. The van der Waals surface area contributed by atoms with Crippen molar-refractivity contribution in [1.82, 2.24) is 14.9 Å². The predicted octanol–water partition coefficient (Wildman–Crippen LogP) is 4.49. The van der Waals surface area contributed by atoms with Crippen molar-refractivity contribution in [3.05, 3.63) is 53.4 Å². The molecular formula is C28H27FN6O6S. The van der Waals surface area contributed by atoms with Gasteiger partial charge >= 0.3 is 6.03 Å². The summed E-state index contributed by atoms with van der Waals surface area (Å²) >= 11 is 1.09.